The van der Waals surface area contributed by atoms with E-state index in [2.05, 4.69) is 15.0 Å². The predicted octanol–water partition coefficient (Wildman–Crippen LogP) is 3.40. The van der Waals surface area contributed by atoms with Gasteiger partial charge >= 0.3 is 0 Å². The SMILES string of the molecule is COc1ccc(CN(C)C(C)c2nc(C(C)C)no2)c(OC)c1. The van der Waals surface area contributed by atoms with E-state index in [1.54, 1.807) is 14.2 Å². The lowest BCUT2D eigenvalue weighted by atomic mass is 10.1. The highest BCUT2D eigenvalue weighted by Crippen LogP contribution is 2.28. The molecule has 0 spiro atoms. The van der Waals surface area contributed by atoms with Gasteiger partial charge in [0, 0.05) is 24.1 Å². The van der Waals surface area contributed by atoms with Gasteiger partial charge in [0.25, 0.3) is 0 Å². The Kier molecular flexibility index (Phi) is 5.60. The van der Waals surface area contributed by atoms with Gasteiger partial charge in [0.2, 0.25) is 5.89 Å². The summed E-state index contributed by atoms with van der Waals surface area (Å²) in [5, 5.41) is 4.03. The first kappa shape index (κ1) is 17.3. The first-order chi connectivity index (χ1) is 11.0. The summed E-state index contributed by atoms with van der Waals surface area (Å²) in [6.07, 6.45) is 0. The van der Waals surface area contributed by atoms with Crippen molar-refractivity contribution in [2.75, 3.05) is 21.3 Å². The van der Waals surface area contributed by atoms with Gasteiger partial charge in [0.1, 0.15) is 11.5 Å². The summed E-state index contributed by atoms with van der Waals surface area (Å²) in [5.41, 5.74) is 1.08. The summed E-state index contributed by atoms with van der Waals surface area (Å²) in [4.78, 5) is 6.61. The maximum Gasteiger partial charge on any atom is 0.243 e. The van der Waals surface area contributed by atoms with Crippen LogP contribution in [0, 0.1) is 0 Å². The lowest BCUT2D eigenvalue weighted by Gasteiger charge is -2.22. The minimum atomic E-state index is 0.0156. The molecule has 0 aliphatic carbocycles. The molecule has 6 nitrogen and oxygen atoms in total. The Morgan fingerprint density at radius 1 is 1.17 bits per heavy atom. The fourth-order valence-electron chi connectivity index (χ4n) is 2.23. The van der Waals surface area contributed by atoms with Crippen LogP contribution in [0.25, 0.3) is 0 Å². The van der Waals surface area contributed by atoms with Crippen LogP contribution >= 0.6 is 0 Å². The highest BCUT2D eigenvalue weighted by Gasteiger charge is 2.21. The van der Waals surface area contributed by atoms with Crippen molar-refractivity contribution in [1.29, 1.82) is 0 Å². The second-order valence-corrected chi connectivity index (χ2v) is 5.91. The Balaban J connectivity index is 2.12. The topological polar surface area (TPSA) is 60.6 Å². The Bertz CT molecular complexity index is 640. The molecule has 23 heavy (non-hydrogen) atoms. The average molecular weight is 319 g/mol. The van der Waals surface area contributed by atoms with Gasteiger partial charge in [-0.1, -0.05) is 25.1 Å². The van der Waals surface area contributed by atoms with E-state index < -0.39 is 0 Å². The molecule has 1 atom stereocenters. The molecule has 0 bridgehead atoms. The maximum atomic E-state index is 5.45. The normalized spacial score (nSPS) is 12.7. The summed E-state index contributed by atoms with van der Waals surface area (Å²) >= 11 is 0. The van der Waals surface area contributed by atoms with Crippen molar-refractivity contribution >= 4 is 0 Å². The predicted molar refractivity (Wildman–Crippen MR) is 87.8 cm³/mol. The van der Waals surface area contributed by atoms with Crippen LogP contribution in [0.3, 0.4) is 0 Å². The first-order valence-electron chi connectivity index (χ1n) is 7.70. The van der Waals surface area contributed by atoms with Crippen LogP contribution in [0.1, 0.15) is 50.0 Å². The van der Waals surface area contributed by atoms with Crippen molar-refractivity contribution in [3.63, 3.8) is 0 Å². The van der Waals surface area contributed by atoms with E-state index in [9.17, 15) is 0 Å². The minimum absolute atomic E-state index is 0.0156. The molecule has 1 aromatic carbocycles. The smallest absolute Gasteiger partial charge is 0.243 e. The zero-order valence-corrected chi connectivity index (χ0v) is 14.7. The average Bonchev–Trinajstić information content (AvgIpc) is 3.04. The standard InChI is InChI=1S/C17H25N3O3/c1-11(2)16-18-17(23-19-16)12(3)20(4)10-13-7-8-14(21-5)9-15(13)22-6/h7-9,11-12H,10H2,1-6H3. The highest BCUT2D eigenvalue weighted by atomic mass is 16.5. The highest BCUT2D eigenvalue weighted by molar-refractivity contribution is 5.40. The lowest BCUT2D eigenvalue weighted by molar-refractivity contribution is 0.200. The Morgan fingerprint density at radius 2 is 1.91 bits per heavy atom. The molecule has 1 unspecified atom stereocenters. The fourth-order valence-corrected chi connectivity index (χ4v) is 2.23. The van der Waals surface area contributed by atoms with Crippen molar-refractivity contribution in [3.8, 4) is 11.5 Å². The molecule has 0 saturated heterocycles. The van der Waals surface area contributed by atoms with E-state index in [4.69, 9.17) is 14.0 Å². The van der Waals surface area contributed by atoms with Gasteiger partial charge in [-0.2, -0.15) is 4.98 Å². The molecular weight excluding hydrogens is 294 g/mol. The van der Waals surface area contributed by atoms with Gasteiger partial charge < -0.3 is 14.0 Å². The molecule has 126 valence electrons. The van der Waals surface area contributed by atoms with Gasteiger partial charge in [0.05, 0.1) is 20.3 Å². The summed E-state index contributed by atoms with van der Waals surface area (Å²) in [6, 6.07) is 5.84. The molecule has 0 aliphatic rings. The molecule has 1 aromatic heterocycles. The summed E-state index contributed by atoms with van der Waals surface area (Å²) < 4.78 is 16.1. The second kappa shape index (κ2) is 7.46. The summed E-state index contributed by atoms with van der Waals surface area (Å²) in [5.74, 6) is 3.20. The fraction of sp³-hybridized carbons (Fsp3) is 0.529. The third kappa shape index (κ3) is 4.01. The Labute approximate surface area is 137 Å². The number of rotatable bonds is 7. The summed E-state index contributed by atoms with van der Waals surface area (Å²) in [6.45, 7) is 6.85. The molecule has 6 heteroatoms. The van der Waals surface area contributed by atoms with Crippen LogP contribution < -0.4 is 9.47 Å². The van der Waals surface area contributed by atoms with Crippen LogP contribution in [-0.4, -0.2) is 36.3 Å². The zero-order valence-electron chi connectivity index (χ0n) is 14.7. The number of benzene rings is 1. The largest absolute Gasteiger partial charge is 0.497 e. The monoisotopic (exact) mass is 319 g/mol. The minimum Gasteiger partial charge on any atom is -0.497 e. The Morgan fingerprint density at radius 3 is 2.48 bits per heavy atom. The van der Waals surface area contributed by atoms with E-state index in [1.165, 1.54) is 0 Å². The molecule has 0 radical (unpaired) electrons. The van der Waals surface area contributed by atoms with Crippen molar-refractivity contribution in [2.45, 2.75) is 39.3 Å². The Hall–Kier alpha value is -2.08. The third-order valence-corrected chi connectivity index (χ3v) is 3.91. The van der Waals surface area contributed by atoms with Gasteiger partial charge in [-0.15, -0.1) is 0 Å². The van der Waals surface area contributed by atoms with E-state index in [0.29, 0.717) is 12.4 Å². The van der Waals surface area contributed by atoms with Crippen molar-refractivity contribution < 1.29 is 14.0 Å². The number of methoxy groups -OCH3 is 2. The molecule has 0 fully saturated rings. The first-order valence-corrected chi connectivity index (χ1v) is 7.70. The summed E-state index contributed by atoms with van der Waals surface area (Å²) in [7, 11) is 5.33. The van der Waals surface area contributed by atoms with E-state index in [-0.39, 0.29) is 12.0 Å². The molecule has 1 heterocycles. The second-order valence-electron chi connectivity index (χ2n) is 5.91. The van der Waals surface area contributed by atoms with Crippen LogP contribution in [0.4, 0.5) is 0 Å². The number of hydrogen-bond donors (Lipinski definition) is 0. The van der Waals surface area contributed by atoms with Crippen molar-refractivity contribution in [2.24, 2.45) is 0 Å². The zero-order chi connectivity index (χ0) is 17.0. The van der Waals surface area contributed by atoms with Crippen molar-refractivity contribution in [3.05, 3.63) is 35.5 Å². The van der Waals surface area contributed by atoms with Gasteiger partial charge in [0.15, 0.2) is 5.82 Å². The molecule has 0 N–H and O–H groups in total. The van der Waals surface area contributed by atoms with E-state index >= 15 is 0 Å². The molecule has 2 rings (SSSR count). The van der Waals surface area contributed by atoms with Gasteiger partial charge in [-0.05, 0) is 20.0 Å². The molecule has 0 saturated carbocycles. The van der Waals surface area contributed by atoms with Crippen LogP contribution in [0.5, 0.6) is 11.5 Å². The quantitative estimate of drug-likeness (QED) is 0.779. The number of ether oxygens (including phenoxy) is 2. The molecule has 0 aliphatic heterocycles. The molecule has 0 amide bonds. The van der Waals surface area contributed by atoms with Crippen molar-refractivity contribution in [1.82, 2.24) is 15.0 Å². The maximum absolute atomic E-state index is 5.45. The lowest BCUT2D eigenvalue weighted by Crippen LogP contribution is -2.22. The van der Waals surface area contributed by atoms with Gasteiger partial charge in [-0.25, -0.2) is 0 Å². The van der Waals surface area contributed by atoms with E-state index in [1.807, 2.05) is 46.0 Å². The van der Waals surface area contributed by atoms with Crippen LogP contribution in [0.15, 0.2) is 22.7 Å². The van der Waals surface area contributed by atoms with Gasteiger partial charge in [-0.3, -0.25) is 4.90 Å². The number of hydrogen-bond acceptors (Lipinski definition) is 6. The number of aromatic nitrogens is 2. The van der Waals surface area contributed by atoms with Crippen LogP contribution in [0.2, 0.25) is 0 Å². The molecular formula is C17H25N3O3. The van der Waals surface area contributed by atoms with Crippen LogP contribution in [-0.2, 0) is 6.54 Å². The van der Waals surface area contributed by atoms with E-state index in [0.717, 1.165) is 22.9 Å². The third-order valence-electron chi connectivity index (χ3n) is 3.91. The number of nitrogens with zero attached hydrogens (tertiary/aromatic N) is 3. The molecule has 2 aromatic rings.